The number of nitrogens with two attached hydrogens (primary N) is 1. The lowest BCUT2D eigenvalue weighted by Gasteiger charge is -2.46. The lowest BCUT2D eigenvalue weighted by molar-refractivity contribution is -0.125. The maximum atomic E-state index is 12.9. The van der Waals surface area contributed by atoms with Gasteiger partial charge in [0, 0.05) is 37.2 Å². The minimum absolute atomic E-state index is 0.195. The van der Waals surface area contributed by atoms with Gasteiger partial charge >= 0.3 is 0 Å². The Morgan fingerprint density at radius 3 is 2.40 bits per heavy atom. The average molecular weight is 213 g/mol. The summed E-state index contributed by atoms with van der Waals surface area (Å²) in [6, 6.07) is 0. The summed E-state index contributed by atoms with van der Waals surface area (Å²) >= 11 is 0. The monoisotopic (exact) mass is 213 g/mol. The second kappa shape index (κ2) is 3.20. The fourth-order valence-corrected chi connectivity index (χ4v) is 2.03. The lowest BCUT2D eigenvalue weighted by Crippen LogP contribution is -2.54. The molecule has 1 heterocycles. The fraction of sp³-hybridized carbons (Fsp3) is 0.600. The zero-order chi connectivity index (χ0) is 11.1. The van der Waals surface area contributed by atoms with Crippen molar-refractivity contribution in [2.24, 2.45) is 5.73 Å². The minimum atomic E-state index is -2.59. The van der Waals surface area contributed by atoms with E-state index >= 15 is 0 Å². The highest BCUT2D eigenvalue weighted by atomic mass is 19.3. The van der Waals surface area contributed by atoms with Crippen molar-refractivity contribution in [1.29, 1.82) is 0 Å². The maximum Gasteiger partial charge on any atom is 0.250 e. The molecular formula is C10H13F2N3. The third kappa shape index (κ3) is 1.71. The highest BCUT2D eigenvalue weighted by molar-refractivity contribution is 5.23. The molecule has 0 aromatic carbocycles. The molecule has 1 aromatic heterocycles. The number of halogens is 2. The molecule has 0 bridgehead atoms. The van der Waals surface area contributed by atoms with E-state index in [2.05, 4.69) is 9.97 Å². The first kappa shape index (κ1) is 10.4. The molecule has 0 aliphatic heterocycles. The van der Waals surface area contributed by atoms with Crippen molar-refractivity contribution in [3.8, 4) is 0 Å². The van der Waals surface area contributed by atoms with Crippen LogP contribution in [0.4, 0.5) is 8.78 Å². The van der Waals surface area contributed by atoms with Crippen LogP contribution in [-0.4, -0.2) is 22.4 Å². The van der Waals surface area contributed by atoms with Crippen LogP contribution in [0.15, 0.2) is 12.4 Å². The van der Waals surface area contributed by atoms with E-state index in [1.54, 1.807) is 19.3 Å². The highest BCUT2D eigenvalue weighted by Gasteiger charge is 2.57. The van der Waals surface area contributed by atoms with Crippen LogP contribution in [-0.2, 0) is 5.41 Å². The molecule has 82 valence electrons. The summed E-state index contributed by atoms with van der Waals surface area (Å²) in [5, 5.41) is 0. The van der Waals surface area contributed by atoms with Crippen molar-refractivity contribution >= 4 is 0 Å². The van der Waals surface area contributed by atoms with E-state index in [4.69, 9.17) is 5.73 Å². The fourth-order valence-electron chi connectivity index (χ4n) is 2.03. The molecule has 0 radical (unpaired) electrons. The van der Waals surface area contributed by atoms with Crippen molar-refractivity contribution in [3.63, 3.8) is 0 Å². The zero-order valence-corrected chi connectivity index (χ0v) is 8.50. The van der Waals surface area contributed by atoms with Crippen LogP contribution in [0.3, 0.4) is 0 Å². The number of hydrogen-bond acceptors (Lipinski definition) is 3. The van der Waals surface area contributed by atoms with E-state index < -0.39 is 11.3 Å². The minimum Gasteiger partial charge on any atom is -0.330 e. The predicted molar refractivity (Wildman–Crippen MR) is 51.7 cm³/mol. The molecule has 0 saturated heterocycles. The van der Waals surface area contributed by atoms with Crippen LogP contribution in [0.1, 0.15) is 24.2 Å². The van der Waals surface area contributed by atoms with Crippen LogP contribution in [0.2, 0.25) is 0 Å². The summed E-state index contributed by atoms with van der Waals surface area (Å²) in [5.74, 6) is -2.59. The molecule has 1 aliphatic carbocycles. The van der Waals surface area contributed by atoms with E-state index in [-0.39, 0.29) is 19.4 Å². The van der Waals surface area contributed by atoms with Crippen LogP contribution < -0.4 is 5.73 Å². The highest BCUT2D eigenvalue weighted by Crippen LogP contribution is 2.52. The van der Waals surface area contributed by atoms with Crippen LogP contribution in [0.5, 0.6) is 0 Å². The van der Waals surface area contributed by atoms with Crippen LogP contribution in [0.25, 0.3) is 0 Å². The van der Waals surface area contributed by atoms with E-state index in [9.17, 15) is 8.78 Å². The van der Waals surface area contributed by atoms with Gasteiger partial charge in [0.1, 0.15) is 0 Å². The van der Waals surface area contributed by atoms with E-state index in [0.29, 0.717) is 5.69 Å². The van der Waals surface area contributed by atoms with E-state index in [0.717, 1.165) is 5.69 Å². The molecule has 15 heavy (non-hydrogen) atoms. The molecule has 1 aromatic rings. The Bertz CT molecular complexity index is 353. The third-order valence-corrected chi connectivity index (χ3v) is 2.91. The Morgan fingerprint density at radius 2 is 2.00 bits per heavy atom. The van der Waals surface area contributed by atoms with Crippen molar-refractivity contribution in [3.05, 3.63) is 23.8 Å². The van der Waals surface area contributed by atoms with Gasteiger partial charge in [-0.25, -0.2) is 8.78 Å². The largest absolute Gasteiger partial charge is 0.330 e. The van der Waals surface area contributed by atoms with Gasteiger partial charge in [0.15, 0.2) is 0 Å². The summed E-state index contributed by atoms with van der Waals surface area (Å²) in [5.41, 5.74) is 6.26. The Morgan fingerprint density at radius 1 is 1.33 bits per heavy atom. The van der Waals surface area contributed by atoms with Gasteiger partial charge in [0.2, 0.25) is 5.92 Å². The van der Waals surface area contributed by atoms with E-state index in [1.165, 1.54) is 0 Å². The number of rotatable bonds is 2. The van der Waals surface area contributed by atoms with Gasteiger partial charge in [-0.3, -0.25) is 9.97 Å². The average Bonchev–Trinajstić information content (AvgIpc) is 2.14. The van der Waals surface area contributed by atoms with Gasteiger partial charge < -0.3 is 5.73 Å². The standard InChI is InChI=1S/C10H13F2N3/c1-7-2-15-8(3-14-7)9(6-13)4-10(11,12)5-9/h2-3H,4-6,13H2,1H3. The molecular weight excluding hydrogens is 200 g/mol. The molecule has 0 spiro atoms. The smallest absolute Gasteiger partial charge is 0.250 e. The number of aryl methyl sites for hydroxylation is 1. The molecule has 0 atom stereocenters. The summed E-state index contributed by atoms with van der Waals surface area (Å²) < 4.78 is 25.8. The first-order valence-electron chi connectivity index (χ1n) is 4.84. The molecule has 2 rings (SSSR count). The van der Waals surface area contributed by atoms with E-state index in [1.807, 2.05) is 0 Å². The Labute approximate surface area is 86.7 Å². The molecule has 0 amide bonds. The predicted octanol–water partition coefficient (Wildman–Crippen LogP) is 1.41. The molecule has 2 N–H and O–H groups in total. The summed E-state index contributed by atoms with van der Waals surface area (Å²) in [6.07, 6.45) is 2.71. The Balaban J connectivity index is 2.25. The maximum absolute atomic E-state index is 12.9. The van der Waals surface area contributed by atoms with Gasteiger partial charge in [0.05, 0.1) is 11.4 Å². The number of alkyl halides is 2. The Kier molecular flexibility index (Phi) is 2.22. The van der Waals surface area contributed by atoms with Crippen molar-refractivity contribution in [2.75, 3.05) is 6.54 Å². The van der Waals surface area contributed by atoms with Crippen molar-refractivity contribution < 1.29 is 8.78 Å². The van der Waals surface area contributed by atoms with Gasteiger partial charge in [-0.1, -0.05) is 0 Å². The topological polar surface area (TPSA) is 51.8 Å². The molecule has 5 heteroatoms. The van der Waals surface area contributed by atoms with Crippen LogP contribution >= 0.6 is 0 Å². The number of nitrogens with zero attached hydrogens (tertiary/aromatic N) is 2. The summed E-state index contributed by atoms with van der Waals surface area (Å²) in [6.45, 7) is 2.00. The quantitative estimate of drug-likeness (QED) is 0.808. The van der Waals surface area contributed by atoms with Gasteiger partial charge in [-0.15, -0.1) is 0 Å². The third-order valence-electron chi connectivity index (χ3n) is 2.91. The zero-order valence-electron chi connectivity index (χ0n) is 8.50. The normalized spacial score (nSPS) is 22.1. The molecule has 1 fully saturated rings. The lowest BCUT2D eigenvalue weighted by atomic mass is 9.64. The first-order valence-corrected chi connectivity index (χ1v) is 4.84. The molecule has 3 nitrogen and oxygen atoms in total. The number of hydrogen-bond donors (Lipinski definition) is 1. The van der Waals surface area contributed by atoms with Crippen LogP contribution in [0, 0.1) is 6.92 Å². The molecule has 1 saturated carbocycles. The summed E-state index contributed by atoms with van der Waals surface area (Å²) in [7, 11) is 0. The second-order valence-electron chi connectivity index (χ2n) is 4.24. The van der Waals surface area contributed by atoms with Gasteiger partial charge in [-0.2, -0.15) is 0 Å². The SMILES string of the molecule is Cc1cnc(C2(CN)CC(F)(F)C2)cn1. The molecule has 1 aliphatic rings. The van der Waals surface area contributed by atoms with Crippen molar-refractivity contribution in [2.45, 2.75) is 31.1 Å². The number of aromatic nitrogens is 2. The molecule has 0 unspecified atom stereocenters. The second-order valence-corrected chi connectivity index (χ2v) is 4.24. The van der Waals surface area contributed by atoms with Gasteiger partial charge in [-0.05, 0) is 6.92 Å². The van der Waals surface area contributed by atoms with Crippen molar-refractivity contribution in [1.82, 2.24) is 9.97 Å². The Hall–Kier alpha value is -1.10. The van der Waals surface area contributed by atoms with Gasteiger partial charge in [0.25, 0.3) is 0 Å². The summed E-state index contributed by atoms with van der Waals surface area (Å²) in [4.78, 5) is 8.19. The first-order chi connectivity index (χ1) is 6.97.